The summed E-state index contributed by atoms with van der Waals surface area (Å²) >= 11 is 0. The Morgan fingerprint density at radius 2 is 0.511 bits per heavy atom. The van der Waals surface area contributed by atoms with Crippen molar-refractivity contribution in [2.24, 2.45) is 0 Å². The Morgan fingerprint density at radius 1 is 0.311 bits per heavy atom. The minimum atomic E-state index is -3.47. The molecule has 0 radical (unpaired) electrons. The van der Waals surface area contributed by atoms with Crippen molar-refractivity contribution >= 4 is 56.3 Å². The van der Waals surface area contributed by atoms with E-state index in [2.05, 4.69) is 196 Å². The summed E-state index contributed by atoms with van der Waals surface area (Å²) in [5.41, 5.74) is 0. The topological polar surface area (TPSA) is 18.5 Å². The van der Waals surface area contributed by atoms with Gasteiger partial charge in [0.15, 0.2) is 0 Å². The van der Waals surface area contributed by atoms with Gasteiger partial charge in [0.2, 0.25) is 16.6 Å². The molecular weight excluding hydrogens is 597 g/mol. The van der Waals surface area contributed by atoms with E-state index in [4.69, 9.17) is 8.23 Å². The van der Waals surface area contributed by atoms with Crippen LogP contribution in [0.1, 0.15) is 13.8 Å². The van der Waals surface area contributed by atoms with E-state index in [0.29, 0.717) is 0 Å². The van der Waals surface area contributed by atoms with E-state index in [1.165, 1.54) is 20.7 Å². The first kappa shape index (κ1) is 30.9. The maximum absolute atomic E-state index is 8.21. The summed E-state index contributed by atoms with van der Waals surface area (Å²) in [5, 5.41) is 7.29. The first-order valence-corrected chi connectivity index (χ1v) is 21.9. The zero-order chi connectivity index (χ0) is 31.0. The molecule has 0 bridgehead atoms. The molecule has 0 N–H and O–H groups in total. The van der Waals surface area contributed by atoms with Crippen molar-refractivity contribution < 1.29 is 8.23 Å². The monoisotopic (exact) mass is 636 g/mol. The third-order valence-corrected chi connectivity index (χ3v) is 23.2. The van der Waals surface area contributed by atoms with Gasteiger partial charge in [0.1, 0.15) is 0 Å². The second-order valence-corrected chi connectivity index (χ2v) is 22.4. The highest BCUT2D eigenvalue weighted by Crippen LogP contribution is 2.26. The molecule has 0 amide bonds. The maximum Gasteiger partial charge on any atom is 0.387 e. The molecule has 0 atom stereocenters. The van der Waals surface area contributed by atoms with Crippen molar-refractivity contribution in [2.75, 3.05) is 0 Å². The van der Waals surface area contributed by atoms with E-state index in [1.807, 2.05) is 0 Å². The predicted octanol–water partition coefficient (Wildman–Crippen LogP) is 5.84. The number of hydrogen-bond donors (Lipinski definition) is 0. The summed E-state index contributed by atoms with van der Waals surface area (Å²) < 4.78 is 16.4. The lowest BCUT2D eigenvalue weighted by molar-refractivity contribution is 0.419. The zero-order valence-corrected chi connectivity index (χ0v) is 29.1. The van der Waals surface area contributed by atoms with E-state index in [1.54, 1.807) is 0 Å². The van der Waals surface area contributed by atoms with Crippen LogP contribution in [0.25, 0.3) is 0 Å². The number of rotatable bonds is 12. The van der Waals surface area contributed by atoms with Crippen LogP contribution >= 0.6 is 0 Å². The maximum atomic E-state index is 8.21. The van der Waals surface area contributed by atoms with Gasteiger partial charge in [-0.25, -0.2) is 0 Å². The standard InChI is InChI=1S/C40H40O2Si3/c1-3-43(35-23-11-5-12-24-35,36-25-13-6-14-26-36)41-45(39-31-19-9-20-32-39,40-33-21-10-22-34-40)42-44(4-2,37-27-15-7-16-28-37)38-29-17-8-18-30-38/h5-34H,3-4H2,1-2H3. The SMILES string of the molecule is CC[Si](O[Si](O[Si](CC)(c1ccccc1)c1ccccc1)(c1ccccc1)c1ccccc1)(c1ccccc1)c1ccccc1. The van der Waals surface area contributed by atoms with Crippen molar-refractivity contribution in [3.8, 4) is 0 Å². The van der Waals surface area contributed by atoms with Crippen LogP contribution in [0.2, 0.25) is 12.1 Å². The Labute approximate surface area is 271 Å². The normalized spacial score (nSPS) is 12.1. The van der Waals surface area contributed by atoms with Crippen LogP contribution in [-0.2, 0) is 8.23 Å². The molecule has 45 heavy (non-hydrogen) atoms. The fourth-order valence-electron chi connectivity index (χ4n) is 6.59. The molecule has 0 spiro atoms. The van der Waals surface area contributed by atoms with E-state index >= 15 is 0 Å². The van der Waals surface area contributed by atoms with Gasteiger partial charge in [-0.2, -0.15) is 0 Å². The summed E-state index contributed by atoms with van der Waals surface area (Å²) in [4.78, 5) is 0. The minimum absolute atomic E-state index is 0.871. The van der Waals surface area contributed by atoms with Crippen LogP contribution in [0.4, 0.5) is 0 Å². The molecule has 6 aromatic rings. The highest BCUT2D eigenvalue weighted by Gasteiger charge is 2.56. The van der Waals surface area contributed by atoms with Gasteiger partial charge in [-0.1, -0.05) is 196 Å². The number of benzene rings is 6. The molecule has 0 fully saturated rings. The summed E-state index contributed by atoms with van der Waals surface area (Å²) in [7, 11) is -9.22. The Hall–Kier alpha value is -4.11. The zero-order valence-electron chi connectivity index (χ0n) is 26.1. The van der Waals surface area contributed by atoms with Gasteiger partial charge in [0.05, 0.1) is 0 Å². The summed E-state index contributed by atoms with van der Waals surface area (Å²) in [6.45, 7) is 4.58. The molecule has 2 nitrogen and oxygen atoms in total. The minimum Gasteiger partial charge on any atom is -0.422 e. The second-order valence-electron chi connectivity index (χ2n) is 11.4. The summed E-state index contributed by atoms with van der Waals surface area (Å²) in [5.74, 6) is 0. The van der Waals surface area contributed by atoms with E-state index in [-0.39, 0.29) is 0 Å². The van der Waals surface area contributed by atoms with E-state index in [0.717, 1.165) is 22.5 Å². The molecule has 0 saturated carbocycles. The molecule has 0 heterocycles. The average molecular weight is 637 g/mol. The summed E-state index contributed by atoms with van der Waals surface area (Å²) in [6, 6.07) is 67.0. The van der Waals surface area contributed by atoms with Gasteiger partial charge in [0, 0.05) is 0 Å². The predicted molar refractivity (Wildman–Crippen MR) is 197 cm³/mol. The van der Waals surface area contributed by atoms with E-state index in [9.17, 15) is 0 Å². The van der Waals surface area contributed by atoms with Gasteiger partial charge < -0.3 is 8.23 Å². The fraction of sp³-hybridized carbons (Fsp3) is 0.100. The molecule has 0 aliphatic heterocycles. The van der Waals surface area contributed by atoms with E-state index < -0.39 is 25.2 Å². The van der Waals surface area contributed by atoms with Crippen molar-refractivity contribution in [2.45, 2.75) is 25.9 Å². The molecule has 6 aromatic carbocycles. The van der Waals surface area contributed by atoms with Crippen molar-refractivity contribution in [3.05, 3.63) is 182 Å². The molecule has 0 aliphatic carbocycles. The van der Waals surface area contributed by atoms with Crippen LogP contribution < -0.4 is 31.1 Å². The van der Waals surface area contributed by atoms with Crippen LogP contribution in [0, 0.1) is 0 Å². The second kappa shape index (κ2) is 13.9. The van der Waals surface area contributed by atoms with Gasteiger partial charge in [-0.05, 0) is 43.2 Å². The summed E-state index contributed by atoms with van der Waals surface area (Å²) in [6.07, 6.45) is 0. The number of hydrogen-bond acceptors (Lipinski definition) is 2. The Balaban J connectivity index is 1.70. The highest BCUT2D eigenvalue weighted by molar-refractivity contribution is 7.12. The Bertz CT molecular complexity index is 1540. The van der Waals surface area contributed by atoms with Crippen molar-refractivity contribution in [1.29, 1.82) is 0 Å². The molecule has 0 saturated heterocycles. The van der Waals surface area contributed by atoms with Crippen LogP contribution in [-0.4, -0.2) is 25.2 Å². The van der Waals surface area contributed by atoms with Crippen molar-refractivity contribution in [1.82, 2.24) is 0 Å². The lowest BCUT2D eigenvalue weighted by atomic mass is 10.4. The van der Waals surface area contributed by atoms with Gasteiger partial charge in [0.25, 0.3) is 0 Å². The lowest BCUT2D eigenvalue weighted by Gasteiger charge is -2.47. The highest BCUT2D eigenvalue weighted by atomic mass is 28.5. The van der Waals surface area contributed by atoms with Gasteiger partial charge in [-0.15, -0.1) is 0 Å². The molecule has 0 aromatic heterocycles. The Morgan fingerprint density at radius 3 is 0.711 bits per heavy atom. The van der Waals surface area contributed by atoms with Gasteiger partial charge in [-0.3, -0.25) is 0 Å². The van der Waals surface area contributed by atoms with Crippen LogP contribution in [0.15, 0.2) is 182 Å². The third-order valence-electron chi connectivity index (χ3n) is 8.90. The van der Waals surface area contributed by atoms with Crippen molar-refractivity contribution in [3.63, 3.8) is 0 Å². The molecule has 0 aliphatic rings. The molecule has 224 valence electrons. The first-order chi connectivity index (χ1) is 22.2. The Kier molecular flexibility index (Phi) is 9.54. The van der Waals surface area contributed by atoms with Gasteiger partial charge >= 0.3 is 8.56 Å². The quantitative estimate of drug-likeness (QED) is 0.157. The largest absolute Gasteiger partial charge is 0.422 e. The lowest BCUT2D eigenvalue weighted by Crippen LogP contribution is -2.79. The molecule has 5 heteroatoms. The first-order valence-electron chi connectivity index (χ1n) is 15.9. The molecule has 6 rings (SSSR count). The average Bonchev–Trinajstić information content (AvgIpc) is 3.14. The van der Waals surface area contributed by atoms with Crippen LogP contribution in [0.3, 0.4) is 0 Å². The smallest absolute Gasteiger partial charge is 0.387 e. The van der Waals surface area contributed by atoms with Crippen LogP contribution in [0.5, 0.6) is 0 Å². The molecule has 0 unspecified atom stereocenters. The molecular formula is C40H40O2Si3. The third kappa shape index (κ3) is 5.98. The fourth-order valence-corrected chi connectivity index (χ4v) is 22.8.